The van der Waals surface area contributed by atoms with Crippen LogP contribution in [0.4, 0.5) is 5.95 Å². The van der Waals surface area contributed by atoms with Gasteiger partial charge in [0.2, 0.25) is 5.95 Å². The van der Waals surface area contributed by atoms with E-state index in [0.29, 0.717) is 25.1 Å². The summed E-state index contributed by atoms with van der Waals surface area (Å²) >= 11 is 0. The van der Waals surface area contributed by atoms with Crippen LogP contribution in [0.3, 0.4) is 0 Å². The lowest BCUT2D eigenvalue weighted by Crippen LogP contribution is -2.31. The molecule has 6 nitrogen and oxygen atoms in total. The van der Waals surface area contributed by atoms with E-state index in [1.165, 1.54) is 0 Å². The Bertz CT molecular complexity index is 703. The van der Waals surface area contributed by atoms with Gasteiger partial charge in [-0.25, -0.2) is 9.97 Å². The molecular weight excluding hydrogens is 318 g/mol. The maximum atomic E-state index is 10.5. The maximum Gasteiger partial charge on any atom is 0.225 e. The second-order valence-electron chi connectivity index (χ2n) is 6.42. The molecule has 134 valence electrons. The quantitative estimate of drug-likeness (QED) is 0.920. The van der Waals surface area contributed by atoms with Gasteiger partial charge in [0.05, 0.1) is 13.2 Å². The van der Waals surface area contributed by atoms with Crippen molar-refractivity contribution in [3.05, 3.63) is 41.7 Å². The minimum absolute atomic E-state index is 0.261. The highest BCUT2D eigenvalue weighted by Crippen LogP contribution is 2.24. The van der Waals surface area contributed by atoms with Crippen molar-refractivity contribution in [3.8, 4) is 11.5 Å². The van der Waals surface area contributed by atoms with Crippen LogP contribution in [0.1, 0.15) is 24.2 Å². The third kappa shape index (κ3) is 4.39. The second-order valence-corrected chi connectivity index (χ2v) is 6.42. The highest BCUT2D eigenvalue weighted by atomic mass is 16.5. The topological polar surface area (TPSA) is 67.7 Å². The number of aromatic nitrogens is 2. The molecule has 0 radical (unpaired) electrons. The summed E-state index contributed by atoms with van der Waals surface area (Å²) in [6.45, 7) is 5.40. The average Bonchev–Trinajstić information content (AvgIpc) is 2.77. The van der Waals surface area contributed by atoms with E-state index in [9.17, 15) is 5.11 Å². The number of benzene rings is 1. The first-order valence-corrected chi connectivity index (χ1v) is 8.61. The molecule has 1 aromatic carbocycles. The molecule has 0 aliphatic carbocycles. The lowest BCUT2D eigenvalue weighted by molar-refractivity contribution is 0.0349. The molecule has 2 atom stereocenters. The average molecular weight is 343 g/mol. The molecule has 1 fully saturated rings. The molecular formula is C19H25N3O3. The van der Waals surface area contributed by atoms with E-state index in [4.69, 9.17) is 9.47 Å². The molecule has 2 heterocycles. The van der Waals surface area contributed by atoms with Crippen molar-refractivity contribution in [3.63, 3.8) is 0 Å². The zero-order valence-electron chi connectivity index (χ0n) is 15.0. The molecule has 0 amide bonds. The van der Waals surface area contributed by atoms with Gasteiger partial charge in [0.1, 0.15) is 17.6 Å². The summed E-state index contributed by atoms with van der Waals surface area (Å²) in [7, 11) is 1.63. The molecule has 3 rings (SSSR count). The number of aryl methyl sites for hydroxylation is 2. The van der Waals surface area contributed by atoms with Crippen molar-refractivity contribution in [1.82, 2.24) is 9.97 Å². The van der Waals surface area contributed by atoms with Gasteiger partial charge >= 0.3 is 0 Å². The fraction of sp³-hybridized carbons (Fsp3) is 0.474. The summed E-state index contributed by atoms with van der Waals surface area (Å²) in [5.74, 6) is 2.18. The minimum atomic E-state index is -0.526. The number of aliphatic hydroxyl groups is 1. The summed E-state index contributed by atoms with van der Waals surface area (Å²) in [5, 5.41) is 10.5. The predicted octanol–water partition coefficient (Wildman–Crippen LogP) is 2.51. The largest absolute Gasteiger partial charge is 0.497 e. The first-order valence-electron chi connectivity index (χ1n) is 8.61. The van der Waals surface area contributed by atoms with E-state index < -0.39 is 6.10 Å². The molecule has 1 saturated heterocycles. The number of anilines is 1. The Hall–Kier alpha value is -2.34. The maximum absolute atomic E-state index is 10.5. The first kappa shape index (κ1) is 17.5. The van der Waals surface area contributed by atoms with E-state index in [0.717, 1.165) is 29.6 Å². The van der Waals surface area contributed by atoms with E-state index >= 15 is 0 Å². The van der Waals surface area contributed by atoms with Gasteiger partial charge in [-0.15, -0.1) is 0 Å². The second kappa shape index (κ2) is 7.70. The lowest BCUT2D eigenvalue weighted by Gasteiger charge is -2.22. The molecule has 1 N–H and O–H groups in total. The predicted molar refractivity (Wildman–Crippen MR) is 96.4 cm³/mol. The van der Waals surface area contributed by atoms with Crippen molar-refractivity contribution >= 4 is 5.95 Å². The van der Waals surface area contributed by atoms with Crippen LogP contribution in [0.2, 0.25) is 0 Å². The molecule has 1 aromatic heterocycles. The Morgan fingerprint density at radius 2 is 1.72 bits per heavy atom. The van der Waals surface area contributed by atoms with Crippen LogP contribution in [0.25, 0.3) is 0 Å². The SMILES string of the molecule is COc1cccc(O[C@H]2CCN(c3nc(C)cc(C)n3)CC[C@@H]2O)c1. The van der Waals surface area contributed by atoms with Crippen LogP contribution in [-0.4, -0.2) is 47.5 Å². The first-order chi connectivity index (χ1) is 12.0. The molecule has 0 spiro atoms. The van der Waals surface area contributed by atoms with Gasteiger partial charge in [0, 0.05) is 37.0 Å². The Labute approximate surface area is 148 Å². The third-order valence-corrected chi connectivity index (χ3v) is 4.39. The van der Waals surface area contributed by atoms with E-state index in [-0.39, 0.29) is 6.10 Å². The Morgan fingerprint density at radius 1 is 1.04 bits per heavy atom. The van der Waals surface area contributed by atoms with Gasteiger partial charge in [-0.2, -0.15) is 0 Å². The zero-order valence-corrected chi connectivity index (χ0v) is 15.0. The van der Waals surface area contributed by atoms with E-state index in [1.54, 1.807) is 7.11 Å². The van der Waals surface area contributed by atoms with Crippen LogP contribution in [0.5, 0.6) is 11.5 Å². The van der Waals surface area contributed by atoms with Gasteiger partial charge in [-0.05, 0) is 38.5 Å². The van der Waals surface area contributed by atoms with Crippen molar-refractivity contribution in [2.75, 3.05) is 25.1 Å². The third-order valence-electron chi connectivity index (χ3n) is 4.39. The number of rotatable bonds is 4. The zero-order chi connectivity index (χ0) is 17.8. The Kier molecular flexibility index (Phi) is 5.38. The van der Waals surface area contributed by atoms with Gasteiger partial charge in [0.25, 0.3) is 0 Å². The van der Waals surface area contributed by atoms with E-state index in [1.807, 2.05) is 44.2 Å². The van der Waals surface area contributed by atoms with Crippen molar-refractivity contribution in [1.29, 1.82) is 0 Å². The fourth-order valence-corrected chi connectivity index (χ4v) is 3.10. The Balaban J connectivity index is 1.70. The summed E-state index contributed by atoms with van der Waals surface area (Å²) in [6.07, 6.45) is 0.532. The highest BCUT2D eigenvalue weighted by molar-refractivity contribution is 5.34. The summed E-state index contributed by atoms with van der Waals surface area (Å²) in [5.41, 5.74) is 1.91. The van der Waals surface area contributed by atoms with Gasteiger partial charge < -0.3 is 19.5 Å². The van der Waals surface area contributed by atoms with Crippen LogP contribution in [0.15, 0.2) is 30.3 Å². The van der Waals surface area contributed by atoms with E-state index in [2.05, 4.69) is 14.9 Å². The number of ether oxygens (including phenoxy) is 2. The molecule has 2 aromatic rings. The highest BCUT2D eigenvalue weighted by Gasteiger charge is 2.27. The number of hydrogen-bond acceptors (Lipinski definition) is 6. The molecule has 0 bridgehead atoms. The molecule has 1 aliphatic heterocycles. The van der Waals surface area contributed by atoms with Crippen LogP contribution in [0, 0.1) is 13.8 Å². The van der Waals surface area contributed by atoms with Crippen molar-refractivity contribution in [2.24, 2.45) is 0 Å². The Morgan fingerprint density at radius 3 is 2.44 bits per heavy atom. The van der Waals surface area contributed by atoms with Crippen LogP contribution >= 0.6 is 0 Å². The number of methoxy groups -OCH3 is 1. The number of aliphatic hydroxyl groups excluding tert-OH is 1. The molecule has 1 aliphatic rings. The summed E-state index contributed by atoms with van der Waals surface area (Å²) in [4.78, 5) is 11.2. The smallest absolute Gasteiger partial charge is 0.225 e. The van der Waals surface area contributed by atoms with Gasteiger partial charge in [-0.1, -0.05) is 6.07 Å². The van der Waals surface area contributed by atoms with Crippen molar-refractivity contribution < 1.29 is 14.6 Å². The number of nitrogens with zero attached hydrogens (tertiary/aromatic N) is 3. The lowest BCUT2D eigenvalue weighted by atomic mass is 10.1. The standard InChI is InChI=1S/C19H25N3O3/c1-13-11-14(2)21-19(20-13)22-9-7-17(23)18(8-10-22)25-16-6-4-5-15(12-16)24-3/h4-6,11-12,17-18,23H,7-10H2,1-3H3/t17-,18-/m0/s1. The van der Waals surface area contributed by atoms with Gasteiger partial charge in [-0.3, -0.25) is 0 Å². The van der Waals surface area contributed by atoms with Crippen molar-refractivity contribution in [2.45, 2.75) is 38.9 Å². The summed E-state index contributed by atoms with van der Waals surface area (Å²) < 4.78 is 11.2. The normalized spacial score (nSPS) is 20.9. The number of hydrogen-bond donors (Lipinski definition) is 1. The van der Waals surface area contributed by atoms with Crippen LogP contribution < -0.4 is 14.4 Å². The minimum Gasteiger partial charge on any atom is -0.497 e. The van der Waals surface area contributed by atoms with Crippen LogP contribution in [-0.2, 0) is 0 Å². The fourth-order valence-electron chi connectivity index (χ4n) is 3.10. The molecule has 25 heavy (non-hydrogen) atoms. The molecule has 0 saturated carbocycles. The summed E-state index contributed by atoms with van der Waals surface area (Å²) in [6, 6.07) is 9.43. The van der Waals surface area contributed by atoms with Gasteiger partial charge in [0.15, 0.2) is 0 Å². The molecule has 0 unspecified atom stereocenters. The molecule has 6 heteroatoms. The monoisotopic (exact) mass is 343 g/mol.